The van der Waals surface area contributed by atoms with Crippen LogP contribution in [0.4, 0.5) is 11.8 Å². The third-order valence-electron chi connectivity index (χ3n) is 8.74. The molecule has 42 heavy (non-hydrogen) atoms. The number of methoxy groups -OCH3 is 1. The van der Waals surface area contributed by atoms with E-state index in [0.717, 1.165) is 85.9 Å². The van der Waals surface area contributed by atoms with Crippen LogP contribution in [0.15, 0.2) is 48.8 Å². The Kier molecular flexibility index (Phi) is 7.70. The molecule has 0 bridgehead atoms. The van der Waals surface area contributed by atoms with Gasteiger partial charge >= 0.3 is 0 Å². The van der Waals surface area contributed by atoms with Gasteiger partial charge in [-0.1, -0.05) is 37.5 Å². The number of aromatic nitrogens is 4. The van der Waals surface area contributed by atoms with Crippen LogP contribution in [-0.4, -0.2) is 71.0 Å². The Morgan fingerprint density at radius 3 is 2.50 bits per heavy atom. The number of ether oxygens (including phenoxy) is 3. The van der Waals surface area contributed by atoms with E-state index in [2.05, 4.69) is 43.9 Å². The SMILES string of the molecule is COc1ccc(CCNc2nc(N3CCN(Cc4ccc5c(c4)OCO5)CC3)nc3c2ncn3C2CCCCC2)cc1. The van der Waals surface area contributed by atoms with Gasteiger partial charge in [-0.3, -0.25) is 4.90 Å². The average Bonchev–Trinajstić information content (AvgIpc) is 3.69. The monoisotopic (exact) mass is 569 g/mol. The molecule has 7 rings (SSSR count). The van der Waals surface area contributed by atoms with Crippen molar-refractivity contribution in [3.05, 3.63) is 59.9 Å². The lowest BCUT2D eigenvalue weighted by molar-refractivity contribution is 0.174. The molecule has 0 atom stereocenters. The van der Waals surface area contributed by atoms with Crippen LogP contribution in [0.5, 0.6) is 17.2 Å². The zero-order chi connectivity index (χ0) is 28.3. The average molecular weight is 570 g/mol. The summed E-state index contributed by atoms with van der Waals surface area (Å²) < 4.78 is 18.7. The standard InChI is InChI=1S/C32H39N7O3/c1-40-26-10-7-23(8-11-26)13-14-33-30-29-31(39(21-34-29)25-5-3-2-4-6-25)36-32(35-30)38-17-15-37(16-18-38)20-24-9-12-27-28(19-24)42-22-41-27/h7-12,19,21,25H,2-6,13-18,20,22H2,1H3,(H,33,35,36). The predicted molar refractivity (Wildman–Crippen MR) is 163 cm³/mol. The van der Waals surface area contributed by atoms with Crippen molar-refractivity contribution in [3.8, 4) is 17.2 Å². The topological polar surface area (TPSA) is 89.8 Å². The van der Waals surface area contributed by atoms with Gasteiger partial charge in [0.05, 0.1) is 13.4 Å². The molecule has 2 fully saturated rings. The van der Waals surface area contributed by atoms with E-state index in [9.17, 15) is 0 Å². The Morgan fingerprint density at radius 2 is 1.69 bits per heavy atom. The summed E-state index contributed by atoms with van der Waals surface area (Å²) in [5.41, 5.74) is 4.30. The molecule has 1 aliphatic carbocycles. The lowest BCUT2D eigenvalue weighted by Gasteiger charge is -2.35. The summed E-state index contributed by atoms with van der Waals surface area (Å²) >= 11 is 0. The van der Waals surface area contributed by atoms with Crippen LogP contribution in [0, 0.1) is 0 Å². The lowest BCUT2D eigenvalue weighted by Crippen LogP contribution is -2.46. The van der Waals surface area contributed by atoms with Crippen molar-refractivity contribution in [1.29, 1.82) is 0 Å². The molecule has 4 heterocycles. The van der Waals surface area contributed by atoms with Crippen molar-refractivity contribution < 1.29 is 14.2 Å². The maximum Gasteiger partial charge on any atom is 0.231 e. The maximum absolute atomic E-state index is 5.58. The lowest BCUT2D eigenvalue weighted by atomic mass is 9.95. The van der Waals surface area contributed by atoms with Crippen LogP contribution >= 0.6 is 0 Å². The Balaban J connectivity index is 1.08. The molecule has 220 valence electrons. The minimum Gasteiger partial charge on any atom is -0.497 e. The van der Waals surface area contributed by atoms with Gasteiger partial charge in [0.1, 0.15) is 5.75 Å². The number of benzene rings is 2. The molecule has 1 saturated heterocycles. The second-order valence-electron chi connectivity index (χ2n) is 11.5. The summed E-state index contributed by atoms with van der Waals surface area (Å²) in [5, 5.41) is 3.61. The fourth-order valence-corrected chi connectivity index (χ4v) is 6.32. The third kappa shape index (κ3) is 5.68. The summed E-state index contributed by atoms with van der Waals surface area (Å²) in [6, 6.07) is 14.9. The molecule has 10 heteroatoms. The Bertz CT molecular complexity index is 1510. The van der Waals surface area contributed by atoms with Gasteiger partial charge in [0.2, 0.25) is 12.7 Å². The van der Waals surface area contributed by atoms with Gasteiger partial charge in [0.25, 0.3) is 0 Å². The van der Waals surface area contributed by atoms with Crippen molar-refractivity contribution in [2.45, 2.75) is 51.1 Å². The fourth-order valence-electron chi connectivity index (χ4n) is 6.32. The highest BCUT2D eigenvalue weighted by atomic mass is 16.7. The minimum atomic E-state index is 0.305. The molecule has 2 aliphatic heterocycles. The summed E-state index contributed by atoms with van der Waals surface area (Å²) in [6.45, 7) is 5.59. The molecule has 2 aromatic heterocycles. The zero-order valence-corrected chi connectivity index (χ0v) is 24.3. The molecule has 0 spiro atoms. The van der Waals surface area contributed by atoms with Crippen LogP contribution < -0.4 is 24.4 Å². The Hall–Kier alpha value is -4.05. The third-order valence-corrected chi connectivity index (χ3v) is 8.74. The summed E-state index contributed by atoms with van der Waals surface area (Å²) in [7, 11) is 1.69. The number of piperazine rings is 1. The molecule has 4 aromatic rings. The molecule has 0 unspecified atom stereocenters. The van der Waals surface area contributed by atoms with Gasteiger partial charge in [-0.25, -0.2) is 4.98 Å². The first kappa shape index (κ1) is 26.8. The van der Waals surface area contributed by atoms with E-state index in [1.54, 1.807) is 7.11 Å². The van der Waals surface area contributed by atoms with Gasteiger partial charge in [0, 0.05) is 45.3 Å². The second kappa shape index (κ2) is 12.1. The Morgan fingerprint density at radius 1 is 0.905 bits per heavy atom. The normalized spacial score (nSPS) is 17.6. The van der Waals surface area contributed by atoms with Gasteiger partial charge < -0.3 is 29.0 Å². The van der Waals surface area contributed by atoms with E-state index >= 15 is 0 Å². The van der Waals surface area contributed by atoms with Crippen LogP contribution in [0.3, 0.4) is 0 Å². The first-order chi connectivity index (χ1) is 20.7. The summed E-state index contributed by atoms with van der Waals surface area (Å²) in [5.74, 6) is 4.15. The van der Waals surface area contributed by atoms with Crippen molar-refractivity contribution in [2.24, 2.45) is 0 Å². The number of hydrogen-bond donors (Lipinski definition) is 1. The van der Waals surface area contributed by atoms with Gasteiger partial charge in [-0.2, -0.15) is 9.97 Å². The zero-order valence-electron chi connectivity index (χ0n) is 24.3. The van der Waals surface area contributed by atoms with Crippen molar-refractivity contribution in [1.82, 2.24) is 24.4 Å². The van der Waals surface area contributed by atoms with Crippen molar-refractivity contribution in [2.75, 3.05) is 56.8 Å². The molecular formula is C32H39N7O3. The largest absolute Gasteiger partial charge is 0.497 e. The van der Waals surface area contributed by atoms with Gasteiger partial charge in [0.15, 0.2) is 28.5 Å². The highest BCUT2D eigenvalue weighted by Crippen LogP contribution is 2.34. The summed E-state index contributed by atoms with van der Waals surface area (Å²) in [6.07, 6.45) is 9.08. The number of nitrogens with one attached hydrogen (secondary N) is 1. The van der Waals surface area contributed by atoms with Crippen molar-refractivity contribution >= 4 is 22.9 Å². The molecule has 1 N–H and O–H groups in total. The van der Waals surface area contributed by atoms with Gasteiger partial charge in [-0.05, 0) is 54.7 Å². The molecule has 2 aromatic carbocycles. The molecule has 3 aliphatic rings. The first-order valence-corrected chi connectivity index (χ1v) is 15.2. The Labute approximate surface area is 246 Å². The summed E-state index contributed by atoms with van der Waals surface area (Å²) in [4.78, 5) is 19.8. The van der Waals surface area contributed by atoms with Gasteiger partial charge in [-0.15, -0.1) is 0 Å². The molecule has 1 saturated carbocycles. The van der Waals surface area contributed by atoms with Crippen LogP contribution in [-0.2, 0) is 13.0 Å². The fraction of sp³-hybridized carbons (Fsp3) is 0.469. The number of imidazole rings is 1. The second-order valence-corrected chi connectivity index (χ2v) is 11.5. The quantitative estimate of drug-likeness (QED) is 0.298. The number of rotatable bonds is 9. The van der Waals surface area contributed by atoms with Crippen LogP contribution in [0.1, 0.15) is 49.3 Å². The van der Waals surface area contributed by atoms with E-state index in [4.69, 9.17) is 29.2 Å². The predicted octanol–water partition coefficient (Wildman–Crippen LogP) is 5.05. The van der Waals surface area contributed by atoms with E-state index in [1.807, 2.05) is 24.5 Å². The molecule has 10 nitrogen and oxygen atoms in total. The number of fused-ring (bicyclic) bond motifs is 2. The number of anilines is 2. The molecular weight excluding hydrogens is 530 g/mol. The minimum absolute atomic E-state index is 0.305. The highest BCUT2D eigenvalue weighted by molar-refractivity contribution is 5.84. The maximum atomic E-state index is 5.58. The first-order valence-electron chi connectivity index (χ1n) is 15.2. The number of nitrogens with zero attached hydrogens (tertiary/aromatic N) is 6. The highest BCUT2D eigenvalue weighted by Gasteiger charge is 2.25. The van der Waals surface area contributed by atoms with Crippen LogP contribution in [0.2, 0.25) is 0 Å². The smallest absolute Gasteiger partial charge is 0.231 e. The molecule has 0 radical (unpaired) electrons. The van der Waals surface area contributed by atoms with E-state index < -0.39 is 0 Å². The van der Waals surface area contributed by atoms with E-state index in [0.29, 0.717) is 12.8 Å². The van der Waals surface area contributed by atoms with Crippen LogP contribution in [0.25, 0.3) is 11.2 Å². The van der Waals surface area contributed by atoms with E-state index in [1.165, 1.54) is 43.2 Å². The number of hydrogen-bond acceptors (Lipinski definition) is 9. The molecule has 0 amide bonds. The van der Waals surface area contributed by atoms with Crippen molar-refractivity contribution in [3.63, 3.8) is 0 Å². The van der Waals surface area contributed by atoms with E-state index in [-0.39, 0.29) is 0 Å².